The molecular formula is C18H33IN4OS2. The summed E-state index contributed by atoms with van der Waals surface area (Å²) in [5.41, 5.74) is 1.22. The van der Waals surface area contributed by atoms with Crippen LogP contribution in [0.25, 0.3) is 0 Å². The van der Waals surface area contributed by atoms with Crippen LogP contribution in [0.2, 0.25) is 0 Å². The van der Waals surface area contributed by atoms with Gasteiger partial charge in [0.15, 0.2) is 5.96 Å². The first-order chi connectivity index (χ1) is 11.8. The zero-order chi connectivity index (χ0) is 18.4. The molecule has 8 heteroatoms. The van der Waals surface area contributed by atoms with Crippen LogP contribution < -0.4 is 10.6 Å². The van der Waals surface area contributed by atoms with Crippen LogP contribution in [0, 0.1) is 0 Å². The zero-order valence-corrected chi connectivity index (χ0v) is 20.5. The van der Waals surface area contributed by atoms with Gasteiger partial charge in [-0.15, -0.1) is 35.3 Å². The molecule has 1 saturated carbocycles. The topological polar surface area (TPSA) is 66.4 Å². The number of rotatable bonds is 5. The van der Waals surface area contributed by atoms with Gasteiger partial charge in [0.2, 0.25) is 0 Å². The van der Waals surface area contributed by atoms with Crippen molar-refractivity contribution in [3.05, 3.63) is 16.1 Å². The van der Waals surface area contributed by atoms with Crippen LogP contribution in [0.15, 0.2) is 10.4 Å². The van der Waals surface area contributed by atoms with Gasteiger partial charge in [-0.2, -0.15) is 0 Å². The van der Waals surface area contributed by atoms with Gasteiger partial charge in [-0.25, -0.2) is 4.98 Å². The second-order valence-corrected chi connectivity index (χ2v) is 10.5. The van der Waals surface area contributed by atoms with Gasteiger partial charge in [-0.1, -0.05) is 34.1 Å². The second-order valence-electron chi connectivity index (χ2n) is 7.60. The maximum atomic E-state index is 12.1. The van der Waals surface area contributed by atoms with Gasteiger partial charge in [-0.05, 0) is 19.3 Å². The minimum Gasteiger partial charge on any atom is -0.354 e. The fourth-order valence-electron chi connectivity index (χ4n) is 3.03. The van der Waals surface area contributed by atoms with Crippen molar-refractivity contribution in [3.8, 4) is 0 Å². The molecule has 5 nitrogen and oxygen atoms in total. The van der Waals surface area contributed by atoms with Crippen LogP contribution in [0.1, 0.15) is 64.1 Å². The largest absolute Gasteiger partial charge is 0.354 e. The van der Waals surface area contributed by atoms with Crippen LogP contribution in [0.3, 0.4) is 0 Å². The highest BCUT2D eigenvalue weighted by Gasteiger charge is 2.26. The molecule has 1 heterocycles. The third-order valence-electron chi connectivity index (χ3n) is 4.57. The molecule has 1 aromatic rings. The highest BCUT2D eigenvalue weighted by atomic mass is 127. The first-order valence-electron chi connectivity index (χ1n) is 9.12. The third kappa shape index (κ3) is 7.07. The first-order valence-corrected chi connectivity index (χ1v) is 11.4. The standard InChI is InChI=1S/C18H32N4OS2.HI/c1-6-25(23)14-9-7-8-13(10-14)21-17(19-5)20-11-16-22-15(12-24-16)18(2,3)4;/h12-14H,6-11H2,1-5H3,(H2,19,20,21);1H. The number of halogens is 1. The lowest BCUT2D eigenvalue weighted by Crippen LogP contribution is -2.46. The summed E-state index contributed by atoms with van der Waals surface area (Å²) in [5, 5.41) is 10.4. The van der Waals surface area contributed by atoms with Crippen molar-refractivity contribution >= 4 is 52.1 Å². The smallest absolute Gasteiger partial charge is 0.191 e. The third-order valence-corrected chi connectivity index (χ3v) is 7.16. The van der Waals surface area contributed by atoms with Crippen LogP contribution in [-0.2, 0) is 22.8 Å². The fourth-order valence-corrected chi connectivity index (χ4v) is 5.34. The molecule has 2 N–H and O–H groups in total. The Morgan fingerprint density at radius 1 is 1.42 bits per heavy atom. The van der Waals surface area contributed by atoms with E-state index in [-0.39, 0.29) is 29.4 Å². The van der Waals surface area contributed by atoms with Gasteiger partial charge < -0.3 is 10.6 Å². The Morgan fingerprint density at radius 3 is 2.73 bits per heavy atom. The Balaban J connectivity index is 0.00000338. The molecule has 150 valence electrons. The summed E-state index contributed by atoms with van der Waals surface area (Å²) >= 11 is 1.69. The molecule has 0 amide bonds. The van der Waals surface area contributed by atoms with E-state index in [4.69, 9.17) is 4.98 Å². The van der Waals surface area contributed by atoms with Crippen molar-refractivity contribution in [2.75, 3.05) is 12.8 Å². The quantitative estimate of drug-likeness (QED) is 0.358. The van der Waals surface area contributed by atoms with E-state index in [1.807, 2.05) is 6.92 Å². The highest BCUT2D eigenvalue weighted by molar-refractivity contribution is 14.0. The number of aromatic nitrogens is 1. The number of hydrogen-bond acceptors (Lipinski definition) is 4. The van der Waals surface area contributed by atoms with Gasteiger partial charge in [0.05, 0.1) is 12.2 Å². The van der Waals surface area contributed by atoms with E-state index in [0.29, 0.717) is 17.8 Å². The monoisotopic (exact) mass is 512 g/mol. The van der Waals surface area contributed by atoms with E-state index >= 15 is 0 Å². The Kier molecular flexibility index (Phi) is 10.0. The van der Waals surface area contributed by atoms with Gasteiger partial charge >= 0.3 is 0 Å². The highest BCUT2D eigenvalue weighted by Crippen LogP contribution is 2.24. The van der Waals surface area contributed by atoms with Gasteiger partial charge in [0.1, 0.15) is 5.01 Å². The van der Waals surface area contributed by atoms with E-state index in [9.17, 15) is 4.21 Å². The fraction of sp³-hybridized carbons (Fsp3) is 0.778. The van der Waals surface area contributed by atoms with Gasteiger partial charge in [0, 0.05) is 45.7 Å². The van der Waals surface area contributed by atoms with Crippen molar-refractivity contribution in [2.45, 2.75) is 76.6 Å². The predicted molar refractivity (Wildman–Crippen MR) is 124 cm³/mol. The van der Waals surface area contributed by atoms with E-state index in [2.05, 4.69) is 41.8 Å². The number of nitrogens with one attached hydrogen (secondary N) is 2. The van der Waals surface area contributed by atoms with E-state index < -0.39 is 10.8 Å². The lowest BCUT2D eigenvalue weighted by Gasteiger charge is -2.30. The summed E-state index contributed by atoms with van der Waals surface area (Å²) in [4.78, 5) is 9.05. The molecule has 1 fully saturated rings. The van der Waals surface area contributed by atoms with Crippen LogP contribution in [-0.4, -0.2) is 39.2 Å². The minimum atomic E-state index is -0.699. The molecule has 3 unspecified atom stereocenters. The number of hydrogen-bond donors (Lipinski definition) is 2. The maximum absolute atomic E-state index is 12.1. The SMILES string of the molecule is CCS(=O)C1CCCC(NC(=NC)NCc2nc(C(C)(C)C)cs2)C1.I. The maximum Gasteiger partial charge on any atom is 0.191 e. The summed E-state index contributed by atoms with van der Waals surface area (Å²) in [7, 11) is 1.10. The summed E-state index contributed by atoms with van der Waals surface area (Å²) in [5.74, 6) is 1.56. The average Bonchev–Trinajstić information content (AvgIpc) is 3.07. The first kappa shape index (κ1) is 23.8. The van der Waals surface area contributed by atoms with E-state index in [0.717, 1.165) is 48.1 Å². The number of nitrogens with zero attached hydrogens (tertiary/aromatic N) is 2. The number of thiazole rings is 1. The normalized spacial score (nSPS) is 22.4. The summed E-state index contributed by atoms with van der Waals surface area (Å²) in [6.45, 7) is 9.23. The molecule has 3 atom stereocenters. The van der Waals surface area contributed by atoms with Gasteiger partial charge in [0.25, 0.3) is 0 Å². The predicted octanol–water partition coefficient (Wildman–Crippen LogP) is 3.80. The van der Waals surface area contributed by atoms with E-state index in [1.165, 1.54) is 0 Å². The van der Waals surface area contributed by atoms with Crippen LogP contribution >= 0.6 is 35.3 Å². The van der Waals surface area contributed by atoms with Crippen molar-refractivity contribution in [1.82, 2.24) is 15.6 Å². The summed E-state index contributed by atoms with van der Waals surface area (Å²) in [6.07, 6.45) is 4.29. The number of aliphatic imine (C=N–C) groups is 1. The summed E-state index contributed by atoms with van der Waals surface area (Å²) in [6, 6.07) is 0.349. The lowest BCUT2D eigenvalue weighted by atomic mass is 9.93. The molecule has 0 aliphatic heterocycles. The van der Waals surface area contributed by atoms with Crippen molar-refractivity contribution in [3.63, 3.8) is 0 Å². The lowest BCUT2D eigenvalue weighted by molar-refractivity contribution is 0.413. The minimum absolute atomic E-state index is 0. The molecule has 0 aromatic carbocycles. The zero-order valence-electron chi connectivity index (χ0n) is 16.5. The Bertz CT molecular complexity index is 613. The van der Waals surface area contributed by atoms with Crippen LogP contribution in [0.4, 0.5) is 0 Å². The molecule has 1 aliphatic rings. The Hall–Kier alpha value is -0.220. The molecule has 1 aromatic heterocycles. The second kappa shape index (κ2) is 10.9. The van der Waals surface area contributed by atoms with Crippen molar-refractivity contribution in [2.24, 2.45) is 4.99 Å². The van der Waals surface area contributed by atoms with Crippen LogP contribution in [0.5, 0.6) is 0 Å². The molecule has 26 heavy (non-hydrogen) atoms. The number of guanidine groups is 1. The Labute approximate surface area is 181 Å². The Morgan fingerprint density at radius 2 is 2.15 bits per heavy atom. The molecular weight excluding hydrogens is 479 g/mol. The van der Waals surface area contributed by atoms with Crippen molar-refractivity contribution in [1.29, 1.82) is 0 Å². The molecule has 0 bridgehead atoms. The van der Waals surface area contributed by atoms with E-state index in [1.54, 1.807) is 18.4 Å². The molecule has 0 saturated heterocycles. The van der Waals surface area contributed by atoms with Crippen molar-refractivity contribution < 1.29 is 4.21 Å². The van der Waals surface area contributed by atoms with Gasteiger partial charge in [-0.3, -0.25) is 9.20 Å². The molecule has 2 rings (SSSR count). The molecule has 0 radical (unpaired) electrons. The molecule has 1 aliphatic carbocycles. The summed E-state index contributed by atoms with van der Waals surface area (Å²) < 4.78 is 12.1. The molecule has 0 spiro atoms. The average molecular weight is 513 g/mol.